The van der Waals surface area contributed by atoms with Crippen LogP contribution in [0.1, 0.15) is 25.0 Å². The number of nitrogens with two attached hydrogens (primary N) is 1. The lowest BCUT2D eigenvalue weighted by Crippen LogP contribution is -2.37. The Morgan fingerprint density at radius 2 is 2.15 bits per heavy atom. The Bertz CT molecular complexity index is 504. The first-order chi connectivity index (χ1) is 9.78. The van der Waals surface area contributed by atoms with Crippen molar-refractivity contribution in [3.05, 3.63) is 23.9 Å². The van der Waals surface area contributed by atoms with Gasteiger partial charge in [0.2, 0.25) is 0 Å². The summed E-state index contributed by atoms with van der Waals surface area (Å²) in [6.45, 7) is 4.45. The highest BCUT2D eigenvalue weighted by Gasteiger charge is 2.29. The maximum atomic E-state index is 8.76. The van der Waals surface area contributed by atoms with E-state index in [0.29, 0.717) is 11.7 Å². The fourth-order valence-electron chi connectivity index (χ4n) is 3.21. The SMILES string of the molecule is NC(=NO)c1cccc(N2CCCN3CCCC3C2)n1. The summed E-state index contributed by atoms with van der Waals surface area (Å²) in [7, 11) is 0. The first kappa shape index (κ1) is 13.2. The largest absolute Gasteiger partial charge is 0.409 e. The van der Waals surface area contributed by atoms with Crippen LogP contribution in [0.25, 0.3) is 0 Å². The molecule has 6 nitrogen and oxygen atoms in total. The summed E-state index contributed by atoms with van der Waals surface area (Å²) < 4.78 is 0. The number of oxime groups is 1. The summed E-state index contributed by atoms with van der Waals surface area (Å²) in [5, 5.41) is 11.8. The lowest BCUT2D eigenvalue weighted by molar-refractivity contribution is 0.273. The van der Waals surface area contributed by atoms with Crippen molar-refractivity contribution in [2.24, 2.45) is 10.9 Å². The molecule has 1 unspecified atom stereocenters. The Labute approximate surface area is 118 Å². The zero-order chi connectivity index (χ0) is 13.9. The third kappa shape index (κ3) is 2.56. The van der Waals surface area contributed by atoms with Gasteiger partial charge in [0.1, 0.15) is 11.5 Å². The second-order valence-corrected chi connectivity index (χ2v) is 5.50. The fraction of sp³-hybridized carbons (Fsp3) is 0.571. The maximum Gasteiger partial charge on any atom is 0.188 e. The molecule has 1 aromatic heterocycles. The molecule has 0 spiro atoms. The molecule has 2 fully saturated rings. The van der Waals surface area contributed by atoms with Crippen molar-refractivity contribution in [3.8, 4) is 0 Å². The number of hydrogen-bond donors (Lipinski definition) is 2. The number of pyridine rings is 1. The molecular formula is C14H21N5O. The minimum absolute atomic E-state index is 0.0594. The Hall–Kier alpha value is -1.82. The number of amidine groups is 1. The zero-order valence-electron chi connectivity index (χ0n) is 11.6. The summed E-state index contributed by atoms with van der Waals surface area (Å²) >= 11 is 0. The smallest absolute Gasteiger partial charge is 0.188 e. The maximum absolute atomic E-state index is 8.76. The van der Waals surface area contributed by atoms with E-state index in [9.17, 15) is 0 Å². The summed E-state index contributed by atoms with van der Waals surface area (Å²) in [6.07, 6.45) is 3.73. The van der Waals surface area contributed by atoms with E-state index in [1.807, 2.05) is 12.1 Å². The first-order valence-corrected chi connectivity index (χ1v) is 7.22. The van der Waals surface area contributed by atoms with E-state index in [2.05, 4.69) is 19.9 Å². The quantitative estimate of drug-likeness (QED) is 0.362. The van der Waals surface area contributed by atoms with Crippen molar-refractivity contribution in [3.63, 3.8) is 0 Å². The van der Waals surface area contributed by atoms with E-state index in [1.165, 1.54) is 25.9 Å². The van der Waals surface area contributed by atoms with E-state index < -0.39 is 0 Å². The molecule has 1 aromatic rings. The van der Waals surface area contributed by atoms with Crippen LogP contribution >= 0.6 is 0 Å². The molecule has 2 aliphatic heterocycles. The number of hydrogen-bond acceptors (Lipinski definition) is 5. The van der Waals surface area contributed by atoms with Crippen LogP contribution in [0.5, 0.6) is 0 Å². The lowest BCUT2D eigenvalue weighted by atomic mass is 10.2. The van der Waals surface area contributed by atoms with Crippen LogP contribution in [0.4, 0.5) is 5.82 Å². The zero-order valence-corrected chi connectivity index (χ0v) is 11.6. The van der Waals surface area contributed by atoms with E-state index in [4.69, 9.17) is 10.9 Å². The van der Waals surface area contributed by atoms with Crippen LogP contribution in [-0.2, 0) is 0 Å². The molecule has 108 valence electrons. The molecular weight excluding hydrogens is 254 g/mol. The van der Waals surface area contributed by atoms with Crippen molar-refractivity contribution in [1.29, 1.82) is 0 Å². The third-order valence-corrected chi connectivity index (χ3v) is 4.23. The van der Waals surface area contributed by atoms with E-state index >= 15 is 0 Å². The van der Waals surface area contributed by atoms with Crippen LogP contribution in [0.15, 0.2) is 23.4 Å². The Kier molecular flexibility index (Phi) is 3.73. The first-order valence-electron chi connectivity index (χ1n) is 7.22. The van der Waals surface area contributed by atoms with Crippen LogP contribution in [-0.4, -0.2) is 53.1 Å². The standard InChI is InChI=1S/C14H21N5O/c15-14(17-20)12-5-1-6-13(16-12)19-9-3-8-18-7-2-4-11(18)10-19/h1,5-6,11,20H,2-4,7-10H2,(H2,15,17). The Morgan fingerprint density at radius 3 is 3.00 bits per heavy atom. The molecule has 0 bridgehead atoms. The summed E-state index contributed by atoms with van der Waals surface area (Å²) in [5.74, 6) is 0.979. The predicted octanol–water partition coefficient (Wildman–Crippen LogP) is 0.851. The van der Waals surface area contributed by atoms with Crippen LogP contribution in [0, 0.1) is 0 Å². The molecule has 0 amide bonds. The lowest BCUT2D eigenvalue weighted by Gasteiger charge is -2.26. The van der Waals surface area contributed by atoms with Crippen molar-refractivity contribution < 1.29 is 5.21 Å². The Morgan fingerprint density at radius 1 is 1.30 bits per heavy atom. The van der Waals surface area contributed by atoms with Crippen molar-refractivity contribution in [1.82, 2.24) is 9.88 Å². The highest BCUT2D eigenvalue weighted by molar-refractivity contribution is 5.95. The second kappa shape index (κ2) is 5.66. The third-order valence-electron chi connectivity index (χ3n) is 4.23. The van der Waals surface area contributed by atoms with Gasteiger partial charge in [0.15, 0.2) is 5.84 Å². The normalized spacial score (nSPS) is 24.5. The van der Waals surface area contributed by atoms with Gasteiger partial charge in [0.05, 0.1) is 0 Å². The number of rotatable bonds is 2. The van der Waals surface area contributed by atoms with E-state index in [-0.39, 0.29) is 5.84 Å². The van der Waals surface area contributed by atoms with Crippen molar-refractivity contribution in [2.45, 2.75) is 25.3 Å². The molecule has 3 heterocycles. The molecule has 6 heteroatoms. The number of anilines is 1. The average molecular weight is 275 g/mol. The minimum atomic E-state index is 0.0594. The van der Waals surface area contributed by atoms with Crippen LogP contribution in [0.3, 0.4) is 0 Å². The van der Waals surface area contributed by atoms with Gasteiger partial charge in [-0.15, -0.1) is 0 Å². The Balaban J connectivity index is 1.81. The predicted molar refractivity (Wildman–Crippen MR) is 78.2 cm³/mol. The van der Waals surface area contributed by atoms with Gasteiger partial charge < -0.3 is 15.8 Å². The topological polar surface area (TPSA) is 78.0 Å². The van der Waals surface area contributed by atoms with Crippen molar-refractivity contribution in [2.75, 3.05) is 31.1 Å². The number of nitrogens with zero attached hydrogens (tertiary/aromatic N) is 4. The number of aromatic nitrogens is 1. The van der Waals surface area contributed by atoms with Gasteiger partial charge in [-0.05, 0) is 37.9 Å². The summed E-state index contributed by atoms with van der Waals surface area (Å²) in [5.41, 5.74) is 6.15. The van der Waals surface area contributed by atoms with Gasteiger partial charge in [0.25, 0.3) is 0 Å². The molecule has 20 heavy (non-hydrogen) atoms. The van der Waals surface area contributed by atoms with Gasteiger partial charge in [-0.1, -0.05) is 11.2 Å². The summed E-state index contributed by atoms with van der Waals surface area (Å²) in [6, 6.07) is 6.32. The average Bonchev–Trinajstić information content (AvgIpc) is 2.83. The van der Waals surface area contributed by atoms with Gasteiger partial charge >= 0.3 is 0 Å². The molecule has 1 atom stereocenters. The molecule has 2 aliphatic rings. The van der Waals surface area contributed by atoms with Gasteiger partial charge in [-0.3, -0.25) is 4.90 Å². The van der Waals surface area contributed by atoms with Gasteiger partial charge in [-0.2, -0.15) is 0 Å². The van der Waals surface area contributed by atoms with E-state index in [0.717, 1.165) is 25.3 Å². The molecule has 0 radical (unpaired) electrons. The second-order valence-electron chi connectivity index (χ2n) is 5.50. The van der Waals surface area contributed by atoms with Crippen LogP contribution < -0.4 is 10.6 Å². The molecule has 2 saturated heterocycles. The summed E-state index contributed by atoms with van der Waals surface area (Å²) in [4.78, 5) is 9.43. The monoisotopic (exact) mass is 275 g/mol. The molecule has 3 N–H and O–H groups in total. The van der Waals surface area contributed by atoms with Crippen molar-refractivity contribution >= 4 is 11.7 Å². The minimum Gasteiger partial charge on any atom is -0.409 e. The van der Waals surface area contributed by atoms with Gasteiger partial charge in [0, 0.05) is 25.7 Å². The fourth-order valence-corrected chi connectivity index (χ4v) is 3.21. The number of fused-ring (bicyclic) bond motifs is 1. The molecule has 3 rings (SSSR count). The van der Waals surface area contributed by atoms with E-state index in [1.54, 1.807) is 6.07 Å². The highest BCUT2D eigenvalue weighted by atomic mass is 16.4. The molecule has 0 aromatic carbocycles. The molecule has 0 saturated carbocycles. The highest BCUT2D eigenvalue weighted by Crippen LogP contribution is 2.24. The molecule has 0 aliphatic carbocycles. The van der Waals surface area contributed by atoms with Crippen LogP contribution in [0.2, 0.25) is 0 Å². The van der Waals surface area contributed by atoms with Gasteiger partial charge in [-0.25, -0.2) is 4.98 Å².